The summed E-state index contributed by atoms with van der Waals surface area (Å²) in [5.74, 6) is 0.0821. The molecule has 0 radical (unpaired) electrons. The number of likely N-dealkylation sites (tertiary alicyclic amines) is 1. The first-order valence-corrected chi connectivity index (χ1v) is 6.82. The summed E-state index contributed by atoms with van der Waals surface area (Å²) in [7, 11) is 1.32. The summed E-state index contributed by atoms with van der Waals surface area (Å²) in [5.41, 5.74) is 5.99. The third-order valence-corrected chi connectivity index (χ3v) is 3.93. The molecule has 1 saturated heterocycles. The number of hydrogen-bond acceptors (Lipinski definition) is 5. The summed E-state index contributed by atoms with van der Waals surface area (Å²) in [6, 6.07) is 4.27. The van der Waals surface area contributed by atoms with Gasteiger partial charge in [-0.25, -0.2) is 0 Å². The highest BCUT2D eigenvalue weighted by atomic mass is 16.6. The number of nitro benzene ring substituents is 1. The normalized spacial score (nSPS) is 22.0. The molecule has 2 unspecified atom stereocenters. The Labute approximate surface area is 122 Å². The van der Waals surface area contributed by atoms with Gasteiger partial charge in [0.25, 0.3) is 5.91 Å². The topological polar surface area (TPSA) is 98.7 Å². The average Bonchev–Trinajstić information content (AvgIpc) is 2.48. The molecule has 1 aliphatic rings. The summed E-state index contributed by atoms with van der Waals surface area (Å²) >= 11 is 0. The van der Waals surface area contributed by atoms with Gasteiger partial charge in [0, 0.05) is 25.2 Å². The number of carbonyl (C=O) groups is 1. The maximum atomic E-state index is 12.6. The highest BCUT2D eigenvalue weighted by Crippen LogP contribution is 2.32. The van der Waals surface area contributed by atoms with Crippen LogP contribution in [0.5, 0.6) is 5.75 Å². The summed E-state index contributed by atoms with van der Waals surface area (Å²) in [5, 5.41) is 11.0. The largest absolute Gasteiger partial charge is 0.490 e. The van der Waals surface area contributed by atoms with Crippen molar-refractivity contribution in [1.82, 2.24) is 4.90 Å². The standard InChI is InChI=1S/C14H19N3O4/c1-9-6-7-16(8-11(9)15)14(18)10-4-3-5-12(17(19)20)13(10)21-2/h3-5,9,11H,6-8,15H2,1-2H3. The van der Waals surface area contributed by atoms with Crippen LogP contribution < -0.4 is 10.5 Å². The van der Waals surface area contributed by atoms with Gasteiger partial charge in [0.1, 0.15) is 0 Å². The Hall–Kier alpha value is -2.15. The smallest absolute Gasteiger partial charge is 0.311 e. The highest BCUT2D eigenvalue weighted by Gasteiger charge is 2.30. The van der Waals surface area contributed by atoms with Crippen LogP contribution in [0.15, 0.2) is 18.2 Å². The lowest BCUT2D eigenvalue weighted by atomic mass is 9.94. The number of hydrogen-bond donors (Lipinski definition) is 1. The number of piperidine rings is 1. The SMILES string of the molecule is COc1c(C(=O)N2CCC(C)C(N)C2)cccc1[N+](=O)[O-]. The monoisotopic (exact) mass is 293 g/mol. The second kappa shape index (κ2) is 6.09. The van der Waals surface area contributed by atoms with Gasteiger partial charge in [-0.05, 0) is 18.4 Å². The maximum Gasteiger partial charge on any atom is 0.311 e. The Morgan fingerprint density at radius 1 is 1.52 bits per heavy atom. The average molecular weight is 293 g/mol. The molecule has 0 spiro atoms. The first-order valence-electron chi connectivity index (χ1n) is 6.82. The van der Waals surface area contributed by atoms with Gasteiger partial charge in [-0.15, -0.1) is 0 Å². The third-order valence-electron chi connectivity index (χ3n) is 3.93. The Morgan fingerprint density at radius 3 is 2.81 bits per heavy atom. The summed E-state index contributed by atoms with van der Waals surface area (Å²) in [6.07, 6.45) is 0.824. The number of nitrogens with zero attached hydrogens (tertiary/aromatic N) is 2. The molecule has 0 aliphatic carbocycles. The summed E-state index contributed by atoms with van der Waals surface area (Å²) < 4.78 is 5.08. The Morgan fingerprint density at radius 2 is 2.24 bits per heavy atom. The number of carbonyl (C=O) groups excluding carboxylic acids is 1. The molecule has 1 heterocycles. The van der Waals surface area contributed by atoms with Crippen LogP contribution in [0.4, 0.5) is 5.69 Å². The molecular formula is C14H19N3O4. The molecular weight excluding hydrogens is 274 g/mol. The van der Waals surface area contributed by atoms with E-state index >= 15 is 0 Å². The van der Waals surface area contributed by atoms with Crippen LogP contribution in [0.25, 0.3) is 0 Å². The fraction of sp³-hybridized carbons (Fsp3) is 0.500. The molecule has 7 nitrogen and oxygen atoms in total. The molecule has 1 aromatic rings. The van der Waals surface area contributed by atoms with E-state index in [-0.39, 0.29) is 28.9 Å². The third kappa shape index (κ3) is 2.97. The molecule has 0 saturated carbocycles. The molecule has 1 amide bonds. The zero-order valence-electron chi connectivity index (χ0n) is 12.1. The molecule has 0 bridgehead atoms. The van der Waals surface area contributed by atoms with Crippen molar-refractivity contribution < 1.29 is 14.5 Å². The molecule has 114 valence electrons. The molecule has 2 rings (SSSR count). The van der Waals surface area contributed by atoms with Gasteiger partial charge in [0.05, 0.1) is 17.6 Å². The Kier molecular flexibility index (Phi) is 4.42. The Balaban J connectivity index is 2.31. The van der Waals surface area contributed by atoms with Crippen molar-refractivity contribution in [3.05, 3.63) is 33.9 Å². The first kappa shape index (κ1) is 15.2. The van der Waals surface area contributed by atoms with Gasteiger partial charge < -0.3 is 15.4 Å². The van der Waals surface area contributed by atoms with Gasteiger partial charge in [-0.3, -0.25) is 14.9 Å². The second-order valence-corrected chi connectivity index (χ2v) is 5.30. The minimum absolute atomic E-state index is 0.000284. The number of benzene rings is 1. The lowest BCUT2D eigenvalue weighted by Crippen LogP contribution is -2.49. The zero-order valence-corrected chi connectivity index (χ0v) is 12.1. The fourth-order valence-electron chi connectivity index (χ4n) is 2.51. The van der Waals surface area contributed by atoms with Crippen molar-refractivity contribution >= 4 is 11.6 Å². The van der Waals surface area contributed by atoms with Crippen molar-refractivity contribution in [1.29, 1.82) is 0 Å². The zero-order chi connectivity index (χ0) is 15.6. The van der Waals surface area contributed by atoms with E-state index in [1.54, 1.807) is 4.90 Å². The van der Waals surface area contributed by atoms with E-state index in [0.29, 0.717) is 19.0 Å². The van der Waals surface area contributed by atoms with Crippen molar-refractivity contribution in [2.75, 3.05) is 20.2 Å². The number of rotatable bonds is 3. The lowest BCUT2D eigenvalue weighted by Gasteiger charge is -2.35. The molecule has 1 aromatic carbocycles. The number of nitrogens with two attached hydrogens (primary N) is 1. The number of para-hydroxylation sites is 1. The highest BCUT2D eigenvalue weighted by molar-refractivity contribution is 5.98. The minimum Gasteiger partial charge on any atom is -0.490 e. The maximum absolute atomic E-state index is 12.6. The molecule has 2 atom stereocenters. The van der Waals surface area contributed by atoms with Crippen LogP contribution in [0.1, 0.15) is 23.7 Å². The first-order chi connectivity index (χ1) is 9.95. The number of ether oxygens (including phenoxy) is 1. The van der Waals surface area contributed by atoms with Crippen LogP contribution >= 0.6 is 0 Å². The molecule has 21 heavy (non-hydrogen) atoms. The fourth-order valence-corrected chi connectivity index (χ4v) is 2.51. The van der Waals surface area contributed by atoms with Gasteiger partial charge in [0.2, 0.25) is 5.75 Å². The van der Waals surface area contributed by atoms with E-state index in [2.05, 4.69) is 6.92 Å². The molecule has 2 N–H and O–H groups in total. The van der Waals surface area contributed by atoms with E-state index in [1.165, 1.54) is 25.3 Å². The van der Waals surface area contributed by atoms with Gasteiger partial charge in [0.15, 0.2) is 0 Å². The van der Waals surface area contributed by atoms with E-state index in [4.69, 9.17) is 10.5 Å². The van der Waals surface area contributed by atoms with Crippen molar-refractivity contribution in [2.24, 2.45) is 11.7 Å². The lowest BCUT2D eigenvalue weighted by molar-refractivity contribution is -0.385. The molecule has 1 aliphatic heterocycles. The van der Waals surface area contributed by atoms with Crippen LogP contribution in [-0.4, -0.2) is 42.0 Å². The van der Waals surface area contributed by atoms with E-state index in [1.807, 2.05) is 0 Å². The predicted octanol–water partition coefficient (Wildman–Crippen LogP) is 1.41. The van der Waals surface area contributed by atoms with Crippen LogP contribution in [0, 0.1) is 16.0 Å². The molecule has 7 heteroatoms. The van der Waals surface area contributed by atoms with Gasteiger partial charge in [-0.1, -0.05) is 13.0 Å². The quantitative estimate of drug-likeness (QED) is 0.671. The van der Waals surface area contributed by atoms with Crippen LogP contribution in [0.2, 0.25) is 0 Å². The molecule has 1 fully saturated rings. The number of amides is 1. The van der Waals surface area contributed by atoms with E-state index in [9.17, 15) is 14.9 Å². The Bertz CT molecular complexity index is 561. The minimum atomic E-state index is -0.556. The van der Waals surface area contributed by atoms with Gasteiger partial charge in [-0.2, -0.15) is 0 Å². The summed E-state index contributed by atoms with van der Waals surface area (Å²) in [4.78, 5) is 24.7. The van der Waals surface area contributed by atoms with Gasteiger partial charge >= 0.3 is 5.69 Å². The van der Waals surface area contributed by atoms with Crippen molar-refractivity contribution in [3.63, 3.8) is 0 Å². The van der Waals surface area contributed by atoms with Crippen molar-refractivity contribution in [3.8, 4) is 5.75 Å². The number of nitro groups is 1. The van der Waals surface area contributed by atoms with Crippen LogP contribution in [-0.2, 0) is 0 Å². The number of methoxy groups -OCH3 is 1. The summed E-state index contributed by atoms with van der Waals surface area (Å²) in [6.45, 7) is 3.10. The predicted molar refractivity (Wildman–Crippen MR) is 77.3 cm³/mol. The molecule has 0 aromatic heterocycles. The second-order valence-electron chi connectivity index (χ2n) is 5.30. The van der Waals surface area contributed by atoms with Crippen molar-refractivity contribution in [2.45, 2.75) is 19.4 Å². The van der Waals surface area contributed by atoms with E-state index in [0.717, 1.165) is 6.42 Å². The van der Waals surface area contributed by atoms with Crippen LogP contribution in [0.3, 0.4) is 0 Å². The van der Waals surface area contributed by atoms with E-state index < -0.39 is 4.92 Å².